The van der Waals surface area contributed by atoms with Crippen LogP contribution in [0.4, 0.5) is 11.4 Å². The van der Waals surface area contributed by atoms with Gasteiger partial charge < -0.3 is 21.1 Å². The number of rotatable bonds is 2. The average Bonchev–Trinajstić information content (AvgIpc) is 2.49. The van der Waals surface area contributed by atoms with Crippen LogP contribution in [0, 0.1) is 5.92 Å². The lowest BCUT2D eigenvalue weighted by atomic mass is 9.96. The topological polar surface area (TPSA) is 81.6 Å². The first-order chi connectivity index (χ1) is 9.22. The molecule has 5 heteroatoms. The third-order valence-corrected chi connectivity index (χ3v) is 3.31. The fourth-order valence-electron chi connectivity index (χ4n) is 2.30. The lowest BCUT2D eigenvalue weighted by molar-refractivity contribution is -0.146. The Bertz CT molecular complexity index is 401. The maximum Gasteiger partial charge on any atom is 0.308 e. The van der Waals surface area contributed by atoms with Crippen molar-refractivity contribution >= 4 is 17.3 Å². The molecule has 2 rings (SSSR count). The van der Waals surface area contributed by atoms with E-state index >= 15 is 0 Å². The third kappa shape index (κ3) is 3.86. The van der Waals surface area contributed by atoms with E-state index in [1.165, 1.54) is 14.2 Å². The molecule has 0 aliphatic carbocycles. The van der Waals surface area contributed by atoms with Gasteiger partial charge in [0, 0.05) is 13.1 Å². The minimum absolute atomic E-state index is 0.0428. The van der Waals surface area contributed by atoms with E-state index in [1.54, 1.807) is 0 Å². The molecule has 0 saturated carbocycles. The van der Waals surface area contributed by atoms with Gasteiger partial charge in [0.15, 0.2) is 0 Å². The molecular weight excluding hydrogens is 242 g/mol. The molecule has 106 valence electrons. The summed E-state index contributed by atoms with van der Waals surface area (Å²) in [6, 6.07) is 7.84. The standard InChI is InChI=1S/C13H18N2O2.CH5N/c1-17-13(16)10-6-8-15(9-7-10)12-5-3-2-4-11(12)14;1-2/h2-5,10H,6-9,14H2,1H3;2H2,1H3. The average molecular weight is 265 g/mol. The third-order valence-electron chi connectivity index (χ3n) is 3.31. The van der Waals surface area contributed by atoms with Crippen LogP contribution in [0.5, 0.6) is 0 Å². The summed E-state index contributed by atoms with van der Waals surface area (Å²) in [5.74, 6) is -0.0492. The lowest BCUT2D eigenvalue weighted by Crippen LogP contribution is -2.37. The summed E-state index contributed by atoms with van der Waals surface area (Å²) in [6.45, 7) is 1.71. The number of hydrogen-bond acceptors (Lipinski definition) is 5. The van der Waals surface area contributed by atoms with Gasteiger partial charge in [-0.2, -0.15) is 0 Å². The van der Waals surface area contributed by atoms with E-state index in [9.17, 15) is 4.79 Å². The molecule has 19 heavy (non-hydrogen) atoms. The van der Waals surface area contributed by atoms with E-state index in [4.69, 9.17) is 10.5 Å². The number of anilines is 2. The number of ether oxygens (including phenoxy) is 1. The molecule has 4 N–H and O–H groups in total. The van der Waals surface area contributed by atoms with Crippen LogP contribution in [0.2, 0.25) is 0 Å². The smallest absolute Gasteiger partial charge is 0.308 e. The Labute approximate surface area is 114 Å². The maximum absolute atomic E-state index is 11.4. The van der Waals surface area contributed by atoms with Crippen LogP contribution in [0.1, 0.15) is 12.8 Å². The molecule has 0 amide bonds. The van der Waals surface area contributed by atoms with Crippen molar-refractivity contribution in [3.05, 3.63) is 24.3 Å². The van der Waals surface area contributed by atoms with Crippen LogP contribution >= 0.6 is 0 Å². The van der Waals surface area contributed by atoms with Crippen molar-refractivity contribution in [2.75, 3.05) is 37.9 Å². The number of methoxy groups -OCH3 is 1. The van der Waals surface area contributed by atoms with Gasteiger partial charge in [0.1, 0.15) is 0 Å². The van der Waals surface area contributed by atoms with E-state index in [0.29, 0.717) is 0 Å². The van der Waals surface area contributed by atoms with Crippen LogP contribution in [0.15, 0.2) is 24.3 Å². The number of nitrogens with two attached hydrogens (primary N) is 2. The highest BCUT2D eigenvalue weighted by Gasteiger charge is 2.26. The Morgan fingerprint density at radius 2 is 1.84 bits per heavy atom. The molecule has 0 bridgehead atoms. The van der Waals surface area contributed by atoms with Gasteiger partial charge in [0.2, 0.25) is 0 Å². The second-order valence-corrected chi connectivity index (χ2v) is 4.34. The Balaban J connectivity index is 0.000000861. The normalized spacial score (nSPS) is 15.4. The largest absolute Gasteiger partial charge is 0.469 e. The van der Waals surface area contributed by atoms with E-state index in [0.717, 1.165) is 37.3 Å². The molecule has 0 unspecified atom stereocenters. The van der Waals surface area contributed by atoms with Gasteiger partial charge in [0.25, 0.3) is 0 Å². The summed E-state index contributed by atoms with van der Waals surface area (Å²) < 4.78 is 4.77. The summed E-state index contributed by atoms with van der Waals surface area (Å²) >= 11 is 0. The molecule has 1 aliphatic rings. The fraction of sp³-hybridized carbons (Fsp3) is 0.500. The van der Waals surface area contributed by atoms with Gasteiger partial charge in [-0.15, -0.1) is 0 Å². The number of carbonyl (C=O) groups excluding carboxylic acids is 1. The number of piperidine rings is 1. The predicted octanol–water partition coefficient (Wildman–Crippen LogP) is 1.23. The first kappa shape index (κ1) is 15.3. The second kappa shape index (κ2) is 7.63. The number of nitrogens with zero attached hydrogens (tertiary/aromatic N) is 1. The molecule has 0 aromatic heterocycles. The van der Waals surface area contributed by atoms with E-state index in [2.05, 4.69) is 10.6 Å². The Kier molecular flexibility index (Phi) is 6.15. The molecule has 1 aromatic rings. The van der Waals surface area contributed by atoms with Crippen molar-refractivity contribution in [1.82, 2.24) is 0 Å². The van der Waals surface area contributed by atoms with Crippen LogP contribution in [0.25, 0.3) is 0 Å². The van der Waals surface area contributed by atoms with Crippen molar-refractivity contribution in [3.63, 3.8) is 0 Å². The monoisotopic (exact) mass is 265 g/mol. The Morgan fingerprint density at radius 1 is 1.26 bits per heavy atom. The minimum atomic E-state index is -0.0920. The van der Waals surface area contributed by atoms with Gasteiger partial charge in [0.05, 0.1) is 24.4 Å². The molecule has 1 fully saturated rings. The number of para-hydroxylation sites is 2. The molecule has 1 heterocycles. The van der Waals surface area contributed by atoms with Gasteiger partial charge in [-0.25, -0.2) is 0 Å². The zero-order chi connectivity index (χ0) is 14.3. The summed E-state index contributed by atoms with van der Waals surface area (Å²) in [6.07, 6.45) is 1.67. The predicted molar refractivity (Wildman–Crippen MR) is 77.9 cm³/mol. The molecule has 0 radical (unpaired) electrons. The van der Waals surface area contributed by atoms with Crippen molar-refractivity contribution in [1.29, 1.82) is 0 Å². The molecule has 1 saturated heterocycles. The van der Waals surface area contributed by atoms with Crippen LogP contribution in [0.3, 0.4) is 0 Å². The van der Waals surface area contributed by atoms with E-state index in [-0.39, 0.29) is 11.9 Å². The minimum Gasteiger partial charge on any atom is -0.469 e. The zero-order valence-electron chi connectivity index (χ0n) is 11.6. The molecule has 0 atom stereocenters. The zero-order valence-corrected chi connectivity index (χ0v) is 11.6. The van der Waals surface area contributed by atoms with Gasteiger partial charge in [-0.3, -0.25) is 4.79 Å². The SMILES string of the molecule is CN.COC(=O)C1CCN(c2ccccc2N)CC1. The maximum atomic E-state index is 11.4. The summed E-state index contributed by atoms with van der Waals surface area (Å²) in [5.41, 5.74) is 12.3. The van der Waals surface area contributed by atoms with Crippen LogP contribution < -0.4 is 16.4 Å². The molecular formula is C14H23N3O2. The first-order valence-corrected chi connectivity index (χ1v) is 6.47. The Morgan fingerprint density at radius 3 is 2.37 bits per heavy atom. The van der Waals surface area contributed by atoms with E-state index in [1.807, 2.05) is 24.3 Å². The number of nitrogen functional groups attached to an aromatic ring is 1. The van der Waals surface area contributed by atoms with Crippen molar-refractivity contribution in [2.24, 2.45) is 11.7 Å². The van der Waals surface area contributed by atoms with Gasteiger partial charge in [-0.1, -0.05) is 12.1 Å². The Hall–Kier alpha value is -1.75. The highest BCUT2D eigenvalue weighted by atomic mass is 16.5. The quantitative estimate of drug-likeness (QED) is 0.621. The highest BCUT2D eigenvalue weighted by molar-refractivity contribution is 5.73. The summed E-state index contributed by atoms with van der Waals surface area (Å²) in [4.78, 5) is 13.6. The van der Waals surface area contributed by atoms with Gasteiger partial charge >= 0.3 is 5.97 Å². The van der Waals surface area contributed by atoms with E-state index < -0.39 is 0 Å². The summed E-state index contributed by atoms with van der Waals surface area (Å²) in [7, 11) is 2.95. The molecule has 0 spiro atoms. The van der Waals surface area contributed by atoms with Crippen molar-refractivity contribution in [3.8, 4) is 0 Å². The molecule has 1 aromatic carbocycles. The number of benzene rings is 1. The molecule has 1 aliphatic heterocycles. The van der Waals surface area contributed by atoms with Gasteiger partial charge in [-0.05, 0) is 32.0 Å². The number of esters is 1. The lowest BCUT2D eigenvalue weighted by Gasteiger charge is -2.33. The first-order valence-electron chi connectivity index (χ1n) is 6.47. The van der Waals surface area contributed by atoms with Crippen LogP contribution in [-0.4, -0.2) is 33.2 Å². The number of hydrogen-bond donors (Lipinski definition) is 2. The molecule has 5 nitrogen and oxygen atoms in total. The second-order valence-electron chi connectivity index (χ2n) is 4.34. The van der Waals surface area contributed by atoms with Crippen LogP contribution in [-0.2, 0) is 9.53 Å². The van der Waals surface area contributed by atoms with Crippen molar-refractivity contribution in [2.45, 2.75) is 12.8 Å². The fourth-order valence-corrected chi connectivity index (χ4v) is 2.30. The number of carbonyl (C=O) groups is 1. The highest BCUT2D eigenvalue weighted by Crippen LogP contribution is 2.27. The summed E-state index contributed by atoms with van der Waals surface area (Å²) in [5, 5.41) is 0. The van der Waals surface area contributed by atoms with Crippen molar-refractivity contribution < 1.29 is 9.53 Å².